The van der Waals surface area contributed by atoms with Crippen molar-refractivity contribution < 1.29 is 4.79 Å². The molecule has 1 fully saturated rings. The molecule has 0 atom stereocenters. The van der Waals surface area contributed by atoms with E-state index >= 15 is 0 Å². The molecule has 0 spiro atoms. The Balaban J connectivity index is 2.43. The molecule has 5 heteroatoms. The van der Waals surface area contributed by atoms with E-state index in [1.807, 2.05) is 0 Å². The van der Waals surface area contributed by atoms with Crippen molar-refractivity contribution in [3.05, 3.63) is 0 Å². The van der Waals surface area contributed by atoms with Gasteiger partial charge in [0.2, 0.25) is 3.00 Å². The molecular weight excluding hydrogens is 175 g/mol. The summed E-state index contributed by atoms with van der Waals surface area (Å²) in [6.45, 7) is 0. The summed E-state index contributed by atoms with van der Waals surface area (Å²) in [7, 11) is 0. The third kappa shape index (κ3) is 1.42. The molecule has 1 saturated heterocycles. The fourth-order valence-corrected chi connectivity index (χ4v) is 2.95. The van der Waals surface area contributed by atoms with Crippen LogP contribution in [-0.2, 0) is 0 Å². The second-order valence-corrected chi connectivity index (χ2v) is 6.03. The number of thioether (sulfide) groups is 2. The topological polar surface area (TPSA) is 17.1 Å². The molecule has 7 heavy (non-hydrogen) atoms. The van der Waals surface area contributed by atoms with Gasteiger partial charge in [-0.2, -0.15) is 0 Å². The van der Waals surface area contributed by atoms with Crippen molar-refractivity contribution >= 4 is 51.2 Å². The normalized spacial score (nSPS) is 26.9. The molecule has 0 aromatic heterocycles. The third-order valence-corrected chi connectivity index (χ3v) is 3.14. The molecule has 0 amide bonds. The zero-order valence-electron chi connectivity index (χ0n) is 2.98. The largest absolute Gasteiger partial charge is 0.274 e. The highest BCUT2D eigenvalue weighted by molar-refractivity contribution is 8.56. The Morgan fingerprint density at radius 3 is 1.86 bits per heavy atom. The average molecular weight is 175 g/mol. The zero-order valence-corrected chi connectivity index (χ0v) is 6.13. The number of halogens is 2. The number of rotatable bonds is 0. The van der Waals surface area contributed by atoms with Gasteiger partial charge in [-0.25, -0.2) is 0 Å². The minimum Gasteiger partial charge on any atom is -0.274 e. The number of alkyl halides is 2. The molecule has 0 unspecified atom stereocenters. The lowest BCUT2D eigenvalue weighted by atomic mass is 11.7. The quantitative estimate of drug-likeness (QED) is 0.527. The van der Waals surface area contributed by atoms with Gasteiger partial charge in [0.15, 0.2) is 0 Å². The van der Waals surface area contributed by atoms with Crippen LogP contribution in [0.5, 0.6) is 0 Å². The summed E-state index contributed by atoms with van der Waals surface area (Å²) in [6, 6.07) is 0. The number of carbonyl (C=O) groups is 1. The number of hydrogen-bond donors (Lipinski definition) is 0. The minimum absolute atomic E-state index is 0.00926. The van der Waals surface area contributed by atoms with Crippen LogP contribution in [0.15, 0.2) is 0 Å². The van der Waals surface area contributed by atoms with Gasteiger partial charge in [0.05, 0.1) is 0 Å². The first-order valence-corrected chi connectivity index (χ1v) is 3.79. The van der Waals surface area contributed by atoms with Crippen LogP contribution in [0.1, 0.15) is 0 Å². The van der Waals surface area contributed by atoms with Crippen molar-refractivity contribution in [2.45, 2.75) is 3.00 Å². The maximum Gasteiger partial charge on any atom is 0.253 e. The van der Waals surface area contributed by atoms with Crippen molar-refractivity contribution in [2.24, 2.45) is 0 Å². The Hall–Kier alpha value is 0.950. The molecule has 0 aliphatic carbocycles. The lowest BCUT2D eigenvalue weighted by molar-refractivity contribution is 0.276. The van der Waals surface area contributed by atoms with E-state index in [1.54, 1.807) is 0 Å². The highest BCUT2D eigenvalue weighted by Gasteiger charge is 2.42. The van der Waals surface area contributed by atoms with Gasteiger partial charge in [-0.15, -0.1) is 0 Å². The summed E-state index contributed by atoms with van der Waals surface area (Å²) in [5, 5.41) is 0. The van der Waals surface area contributed by atoms with Crippen molar-refractivity contribution in [1.82, 2.24) is 0 Å². The maximum absolute atomic E-state index is 10.1. The number of hydrogen-bond acceptors (Lipinski definition) is 3. The summed E-state index contributed by atoms with van der Waals surface area (Å²) in [5.41, 5.74) is 0. The van der Waals surface area contributed by atoms with Gasteiger partial charge in [-0.05, 0) is 23.5 Å². The molecule has 1 rings (SSSR count). The van der Waals surface area contributed by atoms with Crippen molar-refractivity contribution in [2.75, 3.05) is 0 Å². The van der Waals surface area contributed by atoms with Gasteiger partial charge in [0, 0.05) is 0 Å². The van der Waals surface area contributed by atoms with Crippen LogP contribution >= 0.6 is 46.7 Å². The number of carbonyl (C=O) groups excluding carboxylic acids is 1. The van der Waals surface area contributed by atoms with Gasteiger partial charge >= 0.3 is 0 Å². The van der Waals surface area contributed by atoms with Gasteiger partial charge < -0.3 is 0 Å². The maximum atomic E-state index is 10.1. The minimum atomic E-state index is -0.878. The third-order valence-electron chi connectivity index (χ3n) is 0.404. The zero-order chi connectivity index (χ0) is 5.49. The average Bonchev–Trinajstić information content (AvgIpc) is 1.27. The van der Waals surface area contributed by atoms with Crippen molar-refractivity contribution in [3.8, 4) is 0 Å². The van der Waals surface area contributed by atoms with E-state index in [-0.39, 0.29) is 4.45 Å². The molecule has 0 radical (unpaired) electrons. The highest BCUT2D eigenvalue weighted by atomic mass is 35.5. The molecule has 1 nitrogen and oxygen atoms in total. The Labute approximate surface area is 59.1 Å². The van der Waals surface area contributed by atoms with E-state index < -0.39 is 3.00 Å². The molecule has 0 saturated carbocycles. The predicted octanol–water partition coefficient (Wildman–Crippen LogP) is 2.68. The van der Waals surface area contributed by atoms with Crippen LogP contribution in [0.4, 0.5) is 4.79 Å². The molecular formula is C2Cl2OS2. The second-order valence-electron chi connectivity index (χ2n) is 0.917. The predicted molar refractivity (Wildman–Crippen MR) is 35.0 cm³/mol. The molecule has 1 aliphatic heterocycles. The monoisotopic (exact) mass is 174 g/mol. The van der Waals surface area contributed by atoms with E-state index in [9.17, 15) is 4.79 Å². The molecule has 0 N–H and O–H groups in total. The van der Waals surface area contributed by atoms with Crippen molar-refractivity contribution in [3.63, 3.8) is 0 Å². The summed E-state index contributed by atoms with van der Waals surface area (Å²) in [6.07, 6.45) is 0. The Bertz CT molecular complexity index is 102. The first-order chi connectivity index (χ1) is 3.10. The SMILES string of the molecule is O=C1SC(Cl)(Cl)S1. The van der Waals surface area contributed by atoms with Crippen LogP contribution in [-0.4, -0.2) is 7.44 Å². The van der Waals surface area contributed by atoms with Gasteiger partial charge in [0.25, 0.3) is 4.45 Å². The fourth-order valence-electron chi connectivity index (χ4n) is 0.202. The van der Waals surface area contributed by atoms with E-state index in [0.29, 0.717) is 0 Å². The van der Waals surface area contributed by atoms with Crippen LogP contribution in [0.2, 0.25) is 0 Å². The molecule has 0 aromatic rings. The standard InChI is InChI=1S/C2Cl2OS2/c3-2(4)6-1(5)7-2. The lowest BCUT2D eigenvalue weighted by Crippen LogP contribution is -2.15. The Kier molecular flexibility index (Phi) is 1.50. The van der Waals surface area contributed by atoms with Crippen LogP contribution in [0.25, 0.3) is 0 Å². The highest BCUT2D eigenvalue weighted by Crippen LogP contribution is 2.58. The van der Waals surface area contributed by atoms with E-state index in [0.717, 1.165) is 23.5 Å². The van der Waals surface area contributed by atoms with Crippen LogP contribution in [0, 0.1) is 0 Å². The summed E-state index contributed by atoms with van der Waals surface area (Å²) >= 11 is 12.6. The first-order valence-electron chi connectivity index (χ1n) is 1.40. The Morgan fingerprint density at radius 2 is 1.86 bits per heavy atom. The molecule has 0 aromatic carbocycles. The van der Waals surface area contributed by atoms with Crippen LogP contribution < -0.4 is 0 Å². The molecule has 0 bridgehead atoms. The fraction of sp³-hybridized carbons (Fsp3) is 0.500. The summed E-state index contributed by atoms with van der Waals surface area (Å²) < 4.78 is -0.887. The van der Waals surface area contributed by atoms with Crippen LogP contribution in [0.3, 0.4) is 0 Å². The molecule has 1 aliphatic rings. The van der Waals surface area contributed by atoms with E-state index in [1.165, 1.54) is 0 Å². The van der Waals surface area contributed by atoms with Gasteiger partial charge in [-0.3, -0.25) is 4.79 Å². The van der Waals surface area contributed by atoms with E-state index in [2.05, 4.69) is 0 Å². The smallest absolute Gasteiger partial charge is 0.253 e. The molecule has 1 heterocycles. The first kappa shape index (κ1) is 6.08. The summed E-state index contributed by atoms with van der Waals surface area (Å²) in [4.78, 5) is 10.1. The summed E-state index contributed by atoms with van der Waals surface area (Å²) in [5.74, 6) is 0. The molecule has 40 valence electrons. The lowest BCUT2D eigenvalue weighted by Gasteiger charge is -2.23. The van der Waals surface area contributed by atoms with E-state index in [4.69, 9.17) is 23.2 Å². The Morgan fingerprint density at radius 1 is 1.43 bits per heavy atom. The van der Waals surface area contributed by atoms with Crippen molar-refractivity contribution in [1.29, 1.82) is 0 Å². The van der Waals surface area contributed by atoms with Gasteiger partial charge in [-0.1, -0.05) is 23.2 Å². The van der Waals surface area contributed by atoms with Gasteiger partial charge in [0.1, 0.15) is 0 Å². The second kappa shape index (κ2) is 1.72.